The third-order valence-electron chi connectivity index (χ3n) is 7.86. The second-order valence-corrected chi connectivity index (χ2v) is 10.8. The summed E-state index contributed by atoms with van der Waals surface area (Å²) in [5.74, 6) is -1.95. The number of ether oxygens (including phenoxy) is 3. The molecule has 0 radical (unpaired) electrons. The van der Waals surface area contributed by atoms with Crippen molar-refractivity contribution in [2.24, 2.45) is 5.41 Å². The van der Waals surface area contributed by atoms with Crippen molar-refractivity contribution in [2.75, 3.05) is 57.9 Å². The number of hydrogen-bond donors (Lipinski definition) is 1. The first-order valence-corrected chi connectivity index (χ1v) is 14.2. The Balaban J connectivity index is 1.88. The SMILES string of the molecule is CCOC(=O)C1(C(=O)OCC)CN(C(=O)Nc2cc(C(F)(F)F)cc(C(F)(F)F)c2)[C@](CN2CCOCC2)(c2ccccc2)C1. The first kappa shape index (κ1) is 34.0. The number of urea groups is 1. The number of carbonyl (C=O) groups excluding carboxylic acids is 3. The van der Waals surface area contributed by atoms with Crippen LogP contribution in [0.2, 0.25) is 0 Å². The maximum atomic E-state index is 14.1. The molecule has 1 N–H and O–H groups in total. The summed E-state index contributed by atoms with van der Waals surface area (Å²) in [7, 11) is 0. The van der Waals surface area contributed by atoms with E-state index in [2.05, 4.69) is 5.32 Å². The van der Waals surface area contributed by atoms with E-state index in [1.165, 1.54) is 13.8 Å². The normalized spacial score (nSPS) is 20.5. The van der Waals surface area contributed by atoms with Crippen LogP contribution in [0.15, 0.2) is 48.5 Å². The van der Waals surface area contributed by atoms with Crippen molar-refractivity contribution in [1.82, 2.24) is 9.80 Å². The van der Waals surface area contributed by atoms with Gasteiger partial charge in [-0.1, -0.05) is 30.3 Å². The van der Waals surface area contributed by atoms with Gasteiger partial charge in [0.1, 0.15) is 0 Å². The van der Waals surface area contributed by atoms with Crippen molar-refractivity contribution in [3.8, 4) is 0 Å². The van der Waals surface area contributed by atoms with Gasteiger partial charge in [0.15, 0.2) is 5.41 Å². The maximum Gasteiger partial charge on any atom is 0.416 e. The third kappa shape index (κ3) is 7.19. The second-order valence-electron chi connectivity index (χ2n) is 10.8. The second kappa shape index (κ2) is 13.3. The maximum absolute atomic E-state index is 14.1. The number of rotatable bonds is 8. The Kier molecular flexibility index (Phi) is 10.0. The molecule has 2 heterocycles. The van der Waals surface area contributed by atoms with Gasteiger partial charge in [0, 0.05) is 31.7 Å². The van der Waals surface area contributed by atoms with E-state index in [1.54, 1.807) is 30.3 Å². The molecule has 0 bridgehead atoms. The van der Waals surface area contributed by atoms with E-state index in [0.717, 1.165) is 4.90 Å². The topological polar surface area (TPSA) is 97.4 Å². The molecule has 2 aromatic carbocycles. The molecule has 2 amide bonds. The zero-order chi connectivity index (χ0) is 33.0. The average molecular weight is 646 g/mol. The number of hydrogen-bond acceptors (Lipinski definition) is 7. The summed E-state index contributed by atoms with van der Waals surface area (Å²) in [6.45, 7) is 3.78. The molecular formula is C30H33F6N3O6. The van der Waals surface area contributed by atoms with Gasteiger partial charge >= 0.3 is 30.3 Å². The van der Waals surface area contributed by atoms with Gasteiger partial charge in [-0.3, -0.25) is 14.5 Å². The average Bonchev–Trinajstić information content (AvgIpc) is 3.35. The van der Waals surface area contributed by atoms with E-state index in [1.807, 2.05) is 4.90 Å². The zero-order valence-corrected chi connectivity index (χ0v) is 24.6. The van der Waals surface area contributed by atoms with Crippen LogP contribution in [-0.4, -0.2) is 80.4 Å². The van der Waals surface area contributed by atoms with Crippen molar-refractivity contribution >= 4 is 23.7 Å². The summed E-state index contributed by atoms with van der Waals surface area (Å²) < 4.78 is 97.6. The van der Waals surface area contributed by atoms with Gasteiger partial charge in [-0.15, -0.1) is 0 Å². The summed E-state index contributed by atoms with van der Waals surface area (Å²) in [5, 5.41) is 2.19. The van der Waals surface area contributed by atoms with Crippen molar-refractivity contribution in [2.45, 2.75) is 38.2 Å². The molecule has 246 valence electrons. The highest BCUT2D eigenvalue weighted by molar-refractivity contribution is 6.03. The highest BCUT2D eigenvalue weighted by atomic mass is 19.4. The molecule has 2 fully saturated rings. The molecule has 15 heteroatoms. The van der Waals surface area contributed by atoms with Gasteiger partial charge in [-0.2, -0.15) is 26.3 Å². The lowest BCUT2D eigenvalue weighted by molar-refractivity contribution is -0.171. The van der Waals surface area contributed by atoms with Gasteiger partial charge in [-0.05, 0) is 37.6 Å². The number of morpholine rings is 1. The van der Waals surface area contributed by atoms with Crippen LogP contribution in [0, 0.1) is 5.41 Å². The molecule has 0 aromatic heterocycles. The fourth-order valence-electron chi connectivity index (χ4n) is 5.82. The van der Waals surface area contributed by atoms with Gasteiger partial charge in [0.05, 0.1) is 49.6 Å². The van der Waals surface area contributed by atoms with E-state index in [0.29, 0.717) is 44.0 Å². The first-order valence-electron chi connectivity index (χ1n) is 14.2. The van der Waals surface area contributed by atoms with Crippen molar-refractivity contribution in [1.29, 1.82) is 0 Å². The molecule has 0 saturated carbocycles. The number of benzene rings is 2. The number of carbonyl (C=O) groups is 3. The number of esters is 2. The van der Waals surface area contributed by atoms with E-state index in [9.17, 15) is 40.7 Å². The summed E-state index contributed by atoms with van der Waals surface area (Å²) >= 11 is 0. The van der Waals surface area contributed by atoms with Crippen LogP contribution in [-0.2, 0) is 41.7 Å². The largest absolute Gasteiger partial charge is 0.465 e. The lowest BCUT2D eigenvalue weighted by Crippen LogP contribution is -2.55. The minimum absolute atomic E-state index is 0.0464. The highest BCUT2D eigenvalue weighted by Gasteiger charge is 2.65. The molecule has 9 nitrogen and oxygen atoms in total. The third-order valence-corrected chi connectivity index (χ3v) is 7.86. The predicted octanol–water partition coefficient (Wildman–Crippen LogP) is 5.30. The van der Waals surface area contributed by atoms with Crippen LogP contribution in [0.5, 0.6) is 0 Å². The Hall–Kier alpha value is -3.85. The van der Waals surface area contributed by atoms with Crippen molar-refractivity contribution < 1.29 is 54.9 Å². The molecule has 2 aliphatic rings. The fraction of sp³-hybridized carbons (Fsp3) is 0.500. The van der Waals surface area contributed by atoms with Crippen molar-refractivity contribution in [3.05, 3.63) is 65.2 Å². The number of anilines is 1. The number of halogens is 6. The lowest BCUT2D eigenvalue weighted by atomic mass is 9.76. The summed E-state index contributed by atoms with van der Waals surface area (Å²) in [4.78, 5) is 44.3. The van der Waals surface area contributed by atoms with Crippen LogP contribution in [0.3, 0.4) is 0 Å². The number of alkyl halides is 6. The highest BCUT2D eigenvalue weighted by Crippen LogP contribution is 2.50. The van der Waals surface area contributed by atoms with Gasteiger partial charge in [0.25, 0.3) is 0 Å². The minimum Gasteiger partial charge on any atom is -0.465 e. The zero-order valence-electron chi connectivity index (χ0n) is 24.6. The van der Waals surface area contributed by atoms with E-state index < -0.39 is 64.6 Å². The number of nitrogens with one attached hydrogen (secondary N) is 1. The van der Waals surface area contributed by atoms with Gasteiger partial charge < -0.3 is 24.4 Å². The minimum atomic E-state index is -5.15. The number of nitrogens with zero attached hydrogens (tertiary/aromatic N) is 2. The fourth-order valence-corrected chi connectivity index (χ4v) is 5.82. The molecule has 0 spiro atoms. The molecule has 0 unspecified atom stereocenters. The van der Waals surface area contributed by atoms with Crippen LogP contribution in [0.4, 0.5) is 36.8 Å². The molecule has 2 aliphatic heterocycles. The number of likely N-dealkylation sites (tertiary alicyclic amines) is 1. The Morgan fingerprint density at radius 3 is 1.89 bits per heavy atom. The number of amides is 2. The lowest BCUT2D eigenvalue weighted by Gasteiger charge is -2.43. The molecule has 1 atom stereocenters. The molecule has 2 saturated heterocycles. The Morgan fingerprint density at radius 2 is 1.40 bits per heavy atom. The quantitative estimate of drug-likeness (QED) is 0.237. The molecule has 45 heavy (non-hydrogen) atoms. The van der Waals surface area contributed by atoms with E-state index in [4.69, 9.17) is 14.2 Å². The van der Waals surface area contributed by atoms with Gasteiger partial charge in [0.2, 0.25) is 0 Å². The van der Waals surface area contributed by atoms with E-state index in [-0.39, 0.29) is 32.2 Å². The van der Waals surface area contributed by atoms with Crippen LogP contribution < -0.4 is 5.32 Å². The smallest absolute Gasteiger partial charge is 0.416 e. The van der Waals surface area contributed by atoms with E-state index >= 15 is 0 Å². The monoisotopic (exact) mass is 645 g/mol. The van der Waals surface area contributed by atoms with Gasteiger partial charge in [-0.25, -0.2) is 4.79 Å². The van der Waals surface area contributed by atoms with Crippen LogP contribution in [0.1, 0.15) is 37.0 Å². The summed E-state index contributed by atoms with van der Waals surface area (Å²) in [6, 6.07) is 7.97. The first-order chi connectivity index (χ1) is 21.2. The molecular weight excluding hydrogens is 612 g/mol. The Labute approximate surface area is 255 Å². The van der Waals surface area contributed by atoms with Crippen LogP contribution in [0.25, 0.3) is 0 Å². The van der Waals surface area contributed by atoms with Crippen molar-refractivity contribution in [3.63, 3.8) is 0 Å². The summed E-state index contributed by atoms with van der Waals surface area (Å²) in [6.07, 6.45) is -10.6. The summed E-state index contributed by atoms with van der Waals surface area (Å²) in [5.41, 5.74) is -7.09. The van der Waals surface area contributed by atoms with Crippen LogP contribution >= 0.6 is 0 Å². The Morgan fingerprint density at radius 1 is 0.867 bits per heavy atom. The molecule has 4 rings (SSSR count). The predicted molar refractivity (Wildman–Crippen MR) is 148 cm³/mol. The standard InChI is InChI=1S/C30H33F6N3O6/c1-3-44-24(40)27(25(41)45-4-2)17-28(20-8-6-5-7-9-20,19-38-10-12-43-13-11-38)39(18-27)26(42)37-23-15-21(29(31,32)33)14-22(16-23)30(34,35)36/h5-9,14-16H,3-4,10-13,17-19H2,1-2H3,(H,37,42)/t28-/m1/s1. The molecule has 2 aromatic rings. The Bertz CT molecular complexity index is 1330. The molecule has 0 aliphatic carbocycles.